The third-order valence-corrected chi connectivity index (χ3v) is 7.35. The Morgan fingerprint density at radius 1 is 1.26 bits per heavy atom. The molecule has 1 amide bonds. The van der Waals surface area contributed by atoms with Gasteiger partial charge in [0.15, 0.2) is 0 Å². The molecule has 1 aromatic rings. The van der Waals surface area contributed by atoms with Gasteiger partial charge in [-0.05, 0) is 51.2 Å². The summed E-state index contributed by atoms with van der Waals surface area (Å²) in [5, 5.41) is 3.82. The number of nitrogens with one attached hydrogen (secondary N) is 1. The second-order valence-electron chi connectivity index (χ2n) is 7.98. The predicted octanol–water partition coefficient (Wildman–Crippen LogP) is 3.62. The van der Waals surface area contributed by atoms with Crippen molar-refractivity contribution in [2.75, 3.05) is 18.8 Å². The van der Waals surface area contributed by atoms with Crippen LogP contribution in [-0.2, 0) is 21.2 Å². The molecule has 7 heteroatoms. The molecular formula is C20H31ClN2O3S. The van der Waals surface area contributed by atoms with Crippen LogP contribution in [0.1, 0.15) is 52.0 Å². The molecule has 0 saturated carbocycles. The van der Waals surface area contributed by atoms with E-state index in [1.165, 1.54) is 0 Å². The molecule has 0 radical (unpaired) electrons. The minimum Gasteiger partial charge on any atom is -0.351 e. The second kappa shape index (κ2) is 9.39. The van der Waals surface area contributed by atoms with Crippen molar-refractivity contribution >= 4 is 27.5 Å². The molecule has 0 bridgehead atoms. The molecule has 27 heavy (non-hydrogen) atoms. The van der Waals surface area contributed by atoms with Crippen molar-refractivity contribution < 1.29 is 13.2 Å². The summed E-state index contributed by atoms with van der Waals surface area (Å²) in [6.07, 6.45) is 3.32. The number of benzene rings is 1. The molecule has 1 heterocycles. The summed E-state index contributed by atoms with van der Waals surface area (Å²) >= 11 is 6.24. The molecule has 1 fully saturated rings. The first-order valence-corrected chi connectivity index (χ1v) is 11.7. The smallest absolute Gasteiger partial charge is 0.223 e. The Balaban J connectivity index is 1.89. The minimum atomic E-state index is -3.19. The van der Waals surface area contributed by atoms with Gasteiger partial charge in [0.2, 0.25) is 15.9 Å². The van der Waals surface area contributed by atoms with Gasteiger partial charge in [0, 0.05) is 29.6 Å². The van der Waals surface area contributed by atoms with Crippen LogP contribution in [0.5, 0.6) is 0 Å². The highest BCUT2D eigenvalue weighted by Crippen LogP contribution is 2.24. The van der Waals surface area contributed by atoms with E-state index >= 15 is 0 Å². The van der Waals surface area contributed by atoms with E-state index in [0.717, 1.165) is 12.0 Å². The Bertz CT molecular complexity index is 741. The van der Waals surface area contributed by atoms with E-state index in [0.29, 0.717) is 43.8 Å². The predicted molar refractivity (Wildman–Crippen MR) is 110 cm³/mol. The lowest BCUT2D eigenvalue weighted by Gasteiger charge is -2.33. The van der Waals surface area contributed by atoms with Crippen molar-refractivity contribution in [2.24, 2.45) is 5.92 Å². The molecule has 1 aliphatic rings. The first-order chi connectivity index (χ1) is 12.6. The summed E-state index contributed by atoms with van der Waals surface area (Å²) in [4.78, 5) is 12.7. The molecule has 5 nitrogen and oxygen atoms in total. The van der Waals surface area contributed by atoms with Gasteiger partial charge in [-0.3, -0.25) is 4.79 Å². The van der Waals surface area contributed by atoms with Crippen LogP contribution in [0.25, 0.3) is 0 Å². The van der Waals surface area contributed by atoms with E-state index in [4.69, 9.17) is 11.6 Å². The number of amides is 1. The number of hydrogen-bond donors (Lipinski definition) is 1. The van der Waals surface area contributed by atoms with Gasteiger partial charge in [-0.1, -0.05) is 43.1 Å². The van der Waals surface area contributed by atoms with E-state index in [1.807, 2.05) is 45.0 Å². The fourth-order valence-electron chi connectivity index (χ4n) is 3.45. The molecule has 0 unspecified atom stereocenters. The standard InChI is InChI=1S/C20H31ClN2O3S/c1-4-5-14-27(25,26)23-12-10-16(11-13-23)19(24)22-20(2,3)15-17-8-6-7-9-18(17)21/h6-9,16H,4-5,10-15H2,1-3H3,(H,22,24). The molecule has 152 valence electrons. The Morgan fingerprint density at radius 3 is 2.48 bits per heavy atom. The van der Waals surface area contributed by atoms with Crippen molar-refractivity contribution in [1.82, 2.24) is 9.62 Å². The average molecular weight is 415 g/mol. The summed E-state index contributed by atoms with van der Waals surface area (Å²) < 4.78 is 26.1. The zero-order chi connectivity index (χ0) is 20.1. The Labute approximate surface area is 168 Å². The summed E-state index contributed by atoms with van der Waals surface area (Å²) in [7, 11) is -3.19. The Morgan fingerprint density at radius 2 is 1.89 bits per heavy atom. The van der Waals surface area contributed by atoms with Crippen LogP contribution < -0.4 is 5.32 Å². The quantitative estimate of drug-likeness (QED) is 0.706. The largest absolute Gasteiger partial charge is 0.351 e. The van der Waals surface area contributed by atoms with Crippen molar-refractivity contribution in [3.05, 3.63) is 34.9 Å². The second-order valence-corrected chi connectivity index (χ2v) is 10.5. The van der Waals surface area contributed by atoms with Gasteiger partial charge in [-0.2, -0.15) is 0 Å². The number of piperidine rings is 1. The van der Waals surface area contributed by atoms with Gasteiger partial charge < -0.3 is 5.32 Å². The lowest BCUT2D eigenvalue weighted by Crippen LogP contribution is -2.50. The van der Waals surface area contributed by atoms with Crippen LogP contribution in [0.15, 0.2) is 24.3 Å². The van der Waals surface area contributed by atoms with E-state index in [-0.39, 0.29) is 17.6 Å². The summed E-state index contributed by atoms with van der Waals surface area (Å²) in [6.45, 7) is 6.80. The Hall–Kier alpha value is -1.11. The molecule has 0 aromatic heterocycles. The molecule has 1 aliphatic heterocycles. The van der Waals surface area contributed by atoms with Crippen LogP contribution in [-0.4, -0.2) is 43.0 Å². The van der Waals surface area contributed by atoms with Crippen molar-refractivity contribution in [3.8, 4) is 0 Å². The molecule has 2 rings (SSSR count). The molecule has 0 spiro atoms. The third kappa shape index (κ3) is 6.47. The van der Waals surface area contributed by atoms with Crippen molar-refractivity contribution in [3.63, 3.8) is 0 Å². The lowest BCUT2D eigenvalue weighted by molar-refractivity contribution is -0.127. The number of carbonyl (C=O) groups excluding carboxylic acids is 1. The summed E-state index contributed by atoms with van der Waals surface area (Å²) in [5.74, 6) is 0.0522. The van der Waals surface area contributed by atoms with E-state index in [2.05, 4.69) is 5.32 Å². The molecule has 1 aromatic carbocycles. The number of halogens is 1. The van der Waals surface area contributed by atoms with Gasteiger partial charge in [0.25, 0.3) is 0 Å². The van der Waals surface area contributed by atoms with E-state index in [1.54, 1.807) is 4.31 Å². The Kier molecular flexibility index (Phi) is 7.72. The van der Waals surface area contributed by atoms with Crippen LogP contribution in [0.2, 0.25) is 5.02 Å². The van der Waals surface area contributed by atoms with Gasteiger partial charge in [0.05, 0.1) is 5.75 Å². The fraction of sp³-hybridized carbons (Fsp3) is 0.650. The molecule has 1 saturated heterocycles. The van der Waals surface area contributed by atoms with Crippen LogP contribution in [0, 0.1) is 5.92 Å². The van der Waals surface area contributed by atoms with Gasteiger partial charge in [-0.25, -0.2) is 12.7 Å². The maximum Gasteiger partial charge on any atom is 0.223 e. The number of unbranched alkanes of at least 4 members (excludes halogenated alkanes) is 1. The third-order valence-electron chi connectivity index (χ3n) is 5.03. The normalized spacial score (nSPS) is 17.0. The highest BCUT2D eigenvalue weighted by Gasteiger charge is 2.32. The SMILES string of the molecule is CCCCS(=O)(=O)N1CCC(C(=O)NC(C)(C)Cc2ccccc2Cl)CC1. The molecular weight excluding hydrogens is 384 g/mol. The number of rotatable bonds is 8. The van der Waals surface area contributed by atoms with Crippen LogP contribution >= 0.6 is 11.6 Å². The fourth-order valence-corrected chi connectivity index (χ4v) is 5.33. The van der Waals surface area contributed by atoms with E-state index in [9.17, 15) is 13.2 Å². The number of carbonyl (C=O) groups is 1. The zero-order valence-corrected chi connectivity index (χ0v) is 18.1. The molecule has 0 aliphatic carbocycles. The maximum absolute atomic E-state index is 12.7. The summed E-state index contributed by atoms with van der Waals surface area (Å²) in [5.41, 5.74) is 0.577. The lowest BCUT2D eigenvalue weighted by atomic mass is 9.91. The van der Waals surface area contributed by atoms with Gasteiger partial charge in [0.1, 0.15) is 0 Å². The van der Waals surface area contributed by atoms with Crippen molar-refractivity contribution in [1.29, 1.82) is 0 Å². The molecule has 0 atom stereocenters. The highest BCUT2D eigenvalue weighted by molar-refractivity contribution is 7.89. The minimum absolute atomic E-state index is 0.00217. The van der Waals surface area contributed by atoms with E-state index < -0.39 is 15.6 Å². The van der Waals surface area contributed by atoms with Crippen molar-refractivity contribution in [2.45, 2.75) is 58.4 Å². The number of sulfonamides is 1. The summed E-state index contributed by atoms with van der Waals surface area (Å²) in [6, 6.07) is 7.65. The van der Waals surface area contributed by atoms with Gasteiger partial charge >= 0.3 is 0 Å². The first-order valence-electron chi connectivity index (χ1n) is 9.68. The highest BCUT2D eigenvalue weighted by atomic mass is 35.5. The number of nitrogens with zero attached hydrogens (tertiary/aromatic N) is 1. The van der Waals surface area contributed by atoms with Crippen LogP contribution in [0.4, 0.5) is 0 Å². The van der Waals surface area contributed by atoms with Gasteiger partial charge in [-0.15, -0.1) is 0 Å². The number of hydrogen-bond acceptors (Lipinski definition) is 3. The maximum atomic E-state index is 12.7. The zero-order valence-electron chi connectivity index (χ0n) is 16.5. The molecule has 1 N–H and O–H groups in total. The topological polar surface area (TPSA) is 66.5 Å². The average Bonchev–Trinajstić information content (AvgIpc) is 2.61. The monoisotopic (exact) mass is 414 g/mol. The first kappa shape index (κ1) is 22.2. The van der Waals surface area contributed by atoms with Crippen LogP contribution in [0.3, 0.4) is 0 Å².